The van der Waals surface area contributed by atoms with Crippen molar-refractivity contribution in [3.05, 3.63) is 35.9 Å². The molecule has 1 unspecified atom stereocenters. The van der Waals surface area contributed by atoms with Crippen molar-refractivity contribution in [1.29, 1.82) is 0 Å². The van der Waals surface area contributed by atoms with Gasteiger partial charge < -0.3 is 9.47 Å². The quantitative estimate of drug-likeness (QED) is 0.702. The van der Waals surface area contributed by atoms with E-state index in [1.54, 1.807) is 7.11 Å². The number of ether oxygens (including phenoxy) is 2. The highest BCUT2D eigenvalue weighted by molar-refractivity contribution is 5.64. The molecule has 1 rings (SSSR count). The summed E-state index contributed by atoms with van der Waals surface area (Å²) in [5, 5.41) is 0. The van der Waals surface area contributed by atoms with Crippen LogP contribution in [0.15, 0.2) is 30.3 Å². The predicted octanol–water partition coefficient (Wildman–Crippen LogP) is 3.48. The lowest BCUT2D eigenvalue weighted by molar-refractivity contribution is -0.0382. The van der Waals surface area contributed by atoms with Gasteiger partial charge in [0.2, 0.25) is 0 Å². The van der Waals surface area contributed by atoms with E-state index in [9.17, 15) is 0 Å². The lowest BCUT2D eigenvalue weighted by atomic mass is 10.1. The topological polar surface area (TPSA) is 18.5 Å². The molecule has 0 fully saturated rings. The SMILES string of the molecule is C/C=C(/C)c1cccc(OC(C)OC)c1. The molecule has 0 N–H and O–H groups in total. The molecular formula is C13H18O2. The summed E-state index contributed by atoms with van der Waals surface area (Å²) in [6.45, 7) is 5.98. The number of allylic oxidation sites excluding steroid dienone is 2. The van der Waals surface area contributed by atoms with Crippen molar-refractivity contribution >= 4 is 5.57 Å². The molecular weight excluding hydrogens is 188 g/mol. The van der Waals surface area contributed by atoms with Crippen molar-refractivity contribution in [3.63, 3.8) is 0 Å². The third-order valence-corrected chi connectivity index (χ3v) is 2.36. The molecule has 0 aliphatic carbocycles. The van der Waals surface area contributed by atoms with Gasteiger partial charge in [-0.05, 0) is 44.0 Å². The Balaban J connectivity index is 2.83. The van der Waals surface area contributed by atoms with Gasteiger partial charge in [0.25, 0.3) is 0 Å². The van der Waals surface area contributed by atoms with E-state index >= 15 is 0 Å². The zero-order valence-electron chi connectivity index (χ0n) is 9.78. The molecule has 0 radical (unpaired) electrons. The van der Waals surface area contributed by atoms with Crippen LogP contribution in [0.25, 0.3) is 5.57 Å². The molecule has 0 aromatic heterocycles. The van der Waals surface area contributed by atoms with Crippen LogP contribution in [0, 0.1) is 0 Å². The summed E-state index contributed by atoms with van der Waals surface area (Å²) < 4.78 is 10.6. The minimum Gasteiger partial charge on any atom is -0.465 e. The van der Waals surface area contributed by atoms with E-state index in [0.717, 1.165) is 5.75 Å². The van der Waals surface area contributed by atoms with E-state index < -0.39 is 0 Å². The predicted molar refractivity (Wildman–Crippen MR) is 62.9 cm³/mol. The van der Waals surface area contributed by atoms with Crippen LogP contribution in [0.3, 0.4) is 0 Å². The van der Waals surface area contributed by atoms with Gasteiger partial charge in [0.05, 0.1) is 0 Å². The highest BCUT2D eigenvalue weighted by Crippen LogP contribution is 2.20. The third-order valence-electron chi connectivity index (χ3n) is 2.36. The van der Waals surface area contributed by atoms with Gasteiger partial charge in [-0.15, -0.1) is 0 Å². The van der Waals surface area contributed by atoms with Crippen LogP contribution < -0.4 is 4.74 Å². The average Bonchev–Trinajstić information content (AvgIpc) is 2.28. The molecule has 2 nitrogen and oxygen atoms in total. The Morgan fingerprint density at radius 3 is 2.73 bits per heavy atom. The molecule has 0 saturated carbocycles. The van der Waals surface area contributed by atoms with Crippen molar-refractivity contribution in [1.82, 2.24) is 0 Å². The van der Waals surface area contributed by atoms with E-state index in [1.165, 1.54) is 11.1 Å². The minimum absolute atomic E-state index is 0.217. The maximum Gasteiger partial charge on any atom is 0.196 e. The first-order chi connectivity index (χ1) is 7.17. The summed E-state index contributed by atoms with van der Waals surface area (Å²) >= 11 is 0. The van der Waals surface area contributed by atoms with E-state index in [4.69, 9.17) is 9.47 Å². The molecule has 0 aliphatic rings. The monoisotopic (exact) mass is 206 g/mol. The summed E-state index contributed by atoms with van der Waals surface area (Å²) in [4.78, 5) is 0. The van der Waals surface area contributed by atoms with E-state index in [2.05, 4.69) is 19.1 Å². The first-order valence-electron chi connectivity index (χ1n) is 5.10. The highest BCUT2D eigenvalue weighted by atomic mass is 16.7. The van der Waals surface area contributed by atoms with Crippen molar-refractivity contribution in [3.8, 4) is 5.75 Å². The molecule has 0 aliphatic heterocycles. The summed E-state index contributed by atoms with van der Waals surface area (Å²) in [5.74, 6) is 0.836. The highest BCUT2D eigenvalue weighted by Gasteiger charge is 2.02. The Morgan fingerprint density at radius 1 is 1.40 bits per heavy atom. The summed E-state index contributed by atoms with van der Waals surface area (Å²) in [5.41, 5.74) is 2.42. The molecule has 0 amide bonds. The fraction of sp³-hybridized carbons (Fsp3) is 0.385. The second-order valence-electron chi connectivity index (χ2n) is 3.42. The van der Waals surface area contributed by atoms with Crippen molar-refractivity contribution < 1.29 is 9.47 Å². The fourth-order valence-corrected chi connectivity index (χ4v) is 1.22. The molecule has 1 atom stereocenters. The lowest BCUT2D eigenvalue weighted by Crippen LogP contribution is -2.13. The van der Waals surface area contributed by atoms with Crippen molar-refractivity contribution in [2.75, 3.05) is 7.11 Å². The summed E-state index contributed by atoms with van der Waals surface area (Å²) in [6, 6.07) is 8.01. The molecule has 1 aromatic rings. The molecule has 1 aromatic carbocycles. The molecule has 15 heavy (non-hydrogen) atoms. The van der Waals surface area contributed by atoms with Crippen LogP contribution in [-0.2, 0) is 4.74 Å². The first kappa shape index (κ1) is 11.8. The van der Waals surface area contributed by atoms with Crippen LogP contribution in [0.4, 0.5) is 0 Å². The van der Waals surface area contributed by atoms with Crippen molar-refractivity contribution in [2.45, 2.75) is 27.1 Å². The normalized spacial score (nSPS) is 13.7. The maximum atomic E-state index is 5.55. The zero-order valence-corrected chi connectivity index (χ0v) is 9.78. The number of benzene rings is 1. The molecule has 0 bridgehead atoms. The van der Waals surface area contributed by atoms with Gasteiger partial charge in [-0.3, -0.25) is 0 Å². The Morgan fingerprint density at radius 2 is 2.13 bits per heavy atom. The first-order valence-corrected chi connectivity index (χ1v) is 5.10. The van der Waals surface area contributed by atoms with Gasteiger partial charge in [0, 0.05) is 7.11 Å². The molecule has 2 heteroatoms. The second kappa shape index (κ2) is 5.56. The molecule has 0 spiro atoms. The van der Waals surface area contributed by atoms with Crippen LogP contribution in [0.2, 0.25) is 0 Å². The standard InChI is InChI=1S/C13H18O2/c1-5-10(2)12-7-6-8-13(9-12)15-11(3)14-4/h5-9,11H,1-4H3/b10-5-. The molecule has 0 heterocycles. The van der Waals surface area contributed by atoms with Gasteiger partial charge >= 0.3 is 0 Å². The summed E-state index contributed by atoms with van der Waals surface area (Å²) in [6.07, 6.45) is 1.87. The molecule has 82 valence electrons. The van der Waals surface area contributed by atoms with Crippen LogP contribution in [-0.4, -0.2) is 13.4 Å². The largest absolute Gasteiger partial charge is 0.465 e. The number of hydrogen-bond donors (Lipinski definition) is 0. The fourth-order valence-electron chi connectivity index (χ4n) is 1.22. The third kappa shape index (κ3) is 3.40. The van der Waals surface area contributed by atoms with Crippen LogP contribution in [0.1, 0.15) is 26.3 Å². The summed E-state index contributed by atoms with van der Waals surface area (Å²) in [7, 11) is 1.63. The van der Waals surface area contributed by atoms with Crippen LogP contribution >= 0.6 is 0 Å². The maximum absolute atomic E-state index is 5.55. The van der Waals surface area contributed by atoms with E-state index in [1.807, 2.05) is 32.0 Å². The number of hydrogen-bond acceptors (Lipinski definition) is 2. The Hall–Kier alpha value is -1.28. The van der Waals surface area contributed by atoms with Gasteiger partial charge in [-0.25, -0.2) is 0 Å². The van der Waals surface area contributed by atoms with Gasteiger partial charge in [0.15, 0.2) is 6.29 Å². The van der Waals surface area contributed by atoms with Gasteiger partial charge in [0.1, 0.15) is 5.75 Å². The Bertz CT molecular complexity index is 342. The van der Waals surface area contributed by atoms with E-state index in [-0.39, 0.29) is 6.29 Å². The second-order valence-corrected chi connectivity index (χ2v) is 3.42. The zero-order chi connectivity index (χ0) is 11.3. The van der Waals surface area contributed by atoms with Crippen LogP contribution in [0.5, 0.6) is 5.75 Å². The minimum atomic E-state index is -0.217. The van der Waals surface area contributed by atoms with E-state index in [0.29, 0.717) is 0 Å². The Labute approximate surface area is 91.5 Å². The number of methoxy groups -OCH3 is 1. The van der Waals surface area contributed by atoms with Crippen molar-refractivity contribution in [2.24, 2.45) is 0 Å². The smallest absolute Gasteiger partial charge is 0.196 e. The van der Waals surface area contributed by atoms with Gasteiger partial charge in [-0.1, -0.05) is 18.2 Å². The average molecular weight is 206 g/mol. The lowest BCUT2D eigenvalue weighted by Gasteiger charge is -2.13. The number of rotatable bonds is 4. The van der Waals surface area contributed by atoms with Gasteiger partial charge in [-0.2, -0.15) is 0 Å². The molecule has 0 saturated heterocycles. The Kier molecular flexibility index (Phi) is 4.37.